The van der Waals surface area contributed by atoms with Gasteiger partial charge in [0.05, 0.1) is 19.4 Å². The van der Waals surface area contributed by atoms with Gasteiger partial charge in [-0.25, -0.2) is 0 Å². The topological polar surface area (TPSA) is 78.9 Å². The zero-order valence-electron chi connectivity index (χ0n) is 11.4. The molecule has 0 aromatic heterocycles. The van der Waals surface area contributed by atoms with Gasteiger partial charge in [-0.1, -0.05) is 6.42 Å². The Bertz CT molecular complexity index is 530. The first-order chi connectivity index (χ1) is 9.56. The van der Waals surface area contributed by atoms with Crippen LogP contribution in [0.4, 0.5) is 5.69 Å². The Labute approximate surface area is 119 Å². The Morgan fingerprint density at radius 3 is 2.65 bits per heavy atom. The first-order valence-corrected chi connectivity index (χ1v) is 8.05. The number of benzene rings is 1. The van der Waals surface area contributed by atoms with E-state index in [1.54, 1.807) is 31.4 Å². The predicted octanol–water partition coefficient (Wildman–Crippen LogP) is 1.20. The summed E-state index contributed by atoms with van der Waals surface area (Å²) in [7, 11) is -2.08. The molecule has 1 fully saturated rings. The fraction of sp³-hybridized carbons (Fsp3) is 0.538. The van der Waals surface area contributed by atoms with Crippen molar-refractivity contribution in [3.05, 3.63) is 24.3 Å². The van der Waals surface area contributed by atoms with Crippen molar-refractivity contribution >= 4 is 15.9 Å². The highest BCUT2D eigenvalue weighted by molar-refractivity contribution is 7.90. The minimum Gasteiger partial charge on any atom is -0.497 e. The molecule has 0 bridgehead atoms. The van der Waals surface area contributed by atoms with E-state index < -0.39 is 10.2 Å². The molecular weight excluding hydrogens is 280 g/mol. The minimum atomic E-state index is -3.63. The summed E-state index contributed by atoms with van der Waals surface area (Å²) in [4.78, 5) is 0. The molecule has 2 N–H and O–H groups in total. The molecule has 6 nitrogen and oxygen atoms in total. The Hall–Kier alpha value is -1.31. The average Bonchev–Trinajstić information content (AvgIpc) is 2.47. The van der Waals surface area contributed by atoms with Crippen LogP contribution in [0.2, 0.25) is 0 Å². The molecule has 0 aliphatic carbocycles. The third-order valence-corrected chi connectivity index (χ3v) is 5.02. The number of piperidine rings is 1. The quantitative estimate of drug-likeness (QED) is 0.856. The van der Waals surface area contributed by atoms with Gasteiger partial charge in [-0.15, -0.1) is 0 Å². The predicted molar refractivity (Wildman–Crippen MR) is 77.0 cm³/mol. The highest BCUT2D eigenvalue weighted by Crippen LogP contribution is 2.22. The average molecular weight is 300 g/mol. The number of nitrogens with one attached hydrogen (secondary N) is 1. The van der Waals surface area contributed by atoms with Crippen LogP contribution >= 0.6 is 0 Å². The van der Waals surface area contributed by atoms with E-state index in [0.29, 0.717) is 24.4 Å². The van der Waals surface area contributed by atoms with Gasteiger partial charge >= 0.3 is 10.2 Å². The maximum atomic E-state index is 12.4. The van der Waals surface area contributed by atoms with Crippen LogP contribution in [0.1, 0.15) is 19.3 Å². The number of hydrogen-bond acceptors (Lipinski definition) is 4. The maximum absolute atomic E-state index is 12.4. The number of aliphatic hydroxyl groups is 1. The molecule has 7 heteroatoms. The van der Waals surface area contributed by atoms with E-state index in [2.05, 4.69) is 4.72 Å². The first-order valence-electron chi connectivity index (χ1n) is 6.61. The van der Waals surface area contributed by atoms with Crippen LogP contribution in [0.15, 0.2) is 24.3 Å². The Balaban J connectivity index is 2.12. The van der Waals surface area contributed by atoms with E-state index in [1.807, 2.05) is 0 Å². The molecule has 0 saturated carbocycles. The zero-order valence-corrected chi connectivity index (χ0v) is 12.3. The Morgan fingerprint density at radius 2 is 2.05 bits per heavy atom. The molecule has 1 unspecified atom stereocenters. The van der Waals surface area contributed by atoms with Gasteiger partial charge in [0.2, 0.25) is 0 Å². The molecule has 1 aromatic rings. The van der Waals surface area contributed by atoms with E-state index in [1.165, 1.54) is 4.31 Å². The van der Waals surface area contributed by atoms with Crippen molar-refractivity contribution in [1.29, 1.82) is 0 Å². The van der Waals surface area contributed by atoms with Crippen LogP contribution in [0.5, 0.6) is 5.75 Å². The van der Waals surface area contributed by atoms with E-state index in [-0.39, 0.29) is 12.6 Å². The molecule has 1 aliphatic heterocycles. The minimum absolute atomic E-state index is 0.149. The van der Waals surface area contributed by atoms with Crippen LogP contribution in [0.3, 0.4) is 0 Å². The highest BCUT2D eigenvalue weighted by atomic mass is 32.2. The maximum Gasteiger partial charge on any atom is 0.301 e. The summed E-state index contributed by atoms with van der Waals surface area (Å²) >= 11 is 0. The van der Waals surface area contributed by atoms with Gasteiger partial charge < -0.3 is 9.84 Å². The number of nitrogens with zero attached hydrogens (tertiary/aromatic N) is 1. The van der Waals surface area contributed by atoms with Crippen molar-refractivity contribution in [3.63, 3.8) is 0 Å². The molecule has 1 aliphatic rings. The lowest BCUT2D eigenvalue weighted by Gasteiger charge is -2.33. The molecule has 1 aromatic carbocycles. The molecule has 1 atom stereocenters. The number of methoxy groups -OCH3 is 1. The van der Waals surface area contributed by atoms with Gasteiger partial charge in [-0.3, -0.25) is 4.72 Å². The Morgan fingerprint density at radius 1 is 1.35 bits per heavy atom. The fourth-order valence-corrected chi connectivity index (χ4v) is 3.82. The molecule has 112 valence electrons. The van der Waals surface area contributed by atoms with E-state index >= 15 is 0 Å². The molecule has 0 radical (unpaired) electrons. The van der Waals surface area contributed by atoms with Gasteiger partial charge in [-0.05, 0) is 37.1 Å². The number of anilines is 1. The zero-order chi connectivity index (χ0) is 14.6. The third kappa shape index (κ3) is 3.41. The Kier molecular flexibility index (Phi) is 4.85. The molecule has 1 heterocycles. The number of hydrogen-bond donors (Lipinski definition) is 2. The van der Waals surface area contributed by atoms with E-state index in [0.717, 1.165) is 12.8 Å². The second-order valence-electron chi connectivity index (χ2n) is 4.78. The molecule has 1 saturated heterocycles. The van der Waals surface area contributed by atoms with Crippen LogP contribution in [0, 0.1) is 0 Å². The van der Waals surface area contributed by atoms with Crippen LogP contribution < -0.4 is 9.46 Å². The summed E-state index contributed by atoms with van der Waals surface area (Å²) in [5.41, 5.74) is 0.480. The second-order valence-corrected chi connectivity index (χ2v) is 6.40. The van der Waals surface area contributed by atoms with Gasteiger partial charge in [-0.2, -0.15) is 12.7 Å². The van der Waals surface area contributed by atoms with Gasteiger partial charge in [0.25, 0.3) is 0 Å². The van der Waals surface area contributed by atoms with Crippen molar-refractivity contribution in [1.82, 2.24) is 4.31 Å². The molecule has 20 heavy (non-hydrogen) atoms. The highest BCUT2D eigenvalue weighted by Gasteiger charge is 2.31. The lowest BCUT2D eigenvalue weighted by molar-refractivity contribution is 0.156. The largest absolute Gasteiger partial charge is 0.497 e. The summed E-state index contributed by atoms with van der Waals surface area (Å²) in [6.07, 6.45) is 2.46. The third-order valence-electron chi connectivity index (χ3n) is 3.43. The van der Waals surface area contributed by atoms with Gasteiger partial charge in [0, 0.05) is 12.6 Å². The standard InChI is InChI=1S/C13H20N2O4S/c1-19-13-7-5-11(6-8-13)14-20(17,18)15-9-3-2-4-12(15)10-16/h5-8,12,14,16H,2-4,9-10H2,1H3. The number of rotatable bonds is 5. The van der Waals surface area contributed by atoms with E-state index in [9.17, 15) is 13.5 Å². The van der Waals surface area contributed by atoms with Crippen LogP contribution in [0.25, 0.3) is 0 Å². The van der Waals surface area contributed by atoms with Crippen molar-refractivity contribution < 1.29 is 18.3 Å². The fourth-order valence-electron chi connectivity index (χ4n) is 2.34. The summed E-state index contributed by atoms with van der Waals surface area (Å²) in [5.74, 6) is 0.666. The number of ether oxygens (including phenoxy) is 1. The van der Waals surface area contributed by atoms with Crippen molar-refractivity contribution in [2.45, 2.75) is 25.3 Å². The van der Waals surface area contributed by atoms with Crippen molar-refractivity contribution in [2.75, 3.05) is 25.0 Å². The summed E-state index contributed by atoms with van der Waals surface area (Å²) in [6.45, 7) is 0.292. The summed E-state index contributed by atoms with van der Waals surface area (Å²) in [5, 5.41) is 9.31. The lowest BCUT2D eigenvalue weighted by Crippen LogP contribution is -2.47. The SMILES string of the molecule is COc1ccc(NS(=O)(=O)N2CCCCC2CO)cc1. The molecule has 2 rings (SSSR count). The first kappa shape index (κ1) is 15.1. The summed E-state index contributed by atoms with van der Waals surface area (Å²) < 4.78 is 33.6. The normalized spacial score (nSPS) is 20.6. The van der Waals surface area contributed by atoms with Gasteiger partial charge in [0.1, 0.15) is 5.75 Å². The lowest BCUT2D eigenvalue weighted by atomic mass is 10.1. The summed E-state index contributed by atoms with van der Waals surface area (Å²) in [6, 6.07) is 6.34. The van der Waals surface area contributed by atoms with Crippen molar-refractivity contribution in [3.8, 4) is 5.75 Å². The molecule has 0 spiro atoms. The van der Waals surface area contributed by atoms with Crippen molar-refractivity contribution in [2.24, 2.45) is 0 Å². The molecule has 0 amide bonds. The van der Waals surface area contributed by atoms with E-state index in [4.69, 9.17) is 4.74 Å². The second kappa shape index (κ2) is 6.43. The smallest absolute Gasteiger partial charge is 0.301 e. The molecular formula is C13H20N2O4S. The monoisotopic (exact) mass is 300 g/mol. The van der Waals surface area contributed by atoms with Crippen LogP contribution in [-0.4, -0.2) is 44.1 Å². The van der Waals surface area contributed by atoms with Crippen LogP contribution in [-0.2, 0) is 10.2 Å². The van der Waals surface area contributed by atoms with Gasteiger partial charge in [0.15, 0.2) is 0 Å². The number of aliphatic hydroxyl groups excluding tert-OH is 1.